The summed E-state index contributed by atoms with van der Waals surface area (Å²) in [4.78, 5) is 18.9. The van der Waals surface area contributed by atoms with Crippen LogP contribution in [-0.4, -0.2) is 38.5 Å². The van der Waals surface area contributed by atoms with Gasteiger partial charge in [0.05, 0.1) is 22.8 Å². The van der Waals surface area contributed by atoms with Crippen LogP contribution in [0.1, 0.15) is 17.3 Å². The quantitative estimate of drug-likeness (QED) is 0.678. The smallest absolute Gasteiger partial charge is 0.260 e. The molecule has 0 spiro atoms. The number of carbonyl (C=O) groups excluding carboxylic acids is 1. The first-order valence-electron chi connectivity index (χ1n) is 7.47. The number of pyridine rings is 1. The molecule has 3 heterocycles. The fourth-order valence-electron chi connectivity index (χ4n) is 2.81. The first kappa shape index (κ1) is 14.9. The summed E-state index contributed by atoms with van der Waals surface area (Å²) in [6, 6.07) is 7.06. The molecule has 1 amide bonds. The molecule has 1 atom stereocenters. The van der Waals surface area contributed by atoms with E-state index < -0.39 is 0 Å². The summed E-state index contributed by atoms with van der Waals surface area (Å²) in [6.07, 6.45) is 1.38. The van der Waals surface area contributed by atoms with E-state index in [1.165, 1.54) is 0 Å². The predicted molar refractivity (Wildman–Crippen MR) is 89.5 cm³/mol. The molecule has 8 heteroatoms. The SMILES string of the molecule is C[C@H]1CN(C(=O)c2cnc3c(c2)nnn3C)c2cccc(Cl)c2O1. The third-order valence-electron chi connectivity index (χ3n) is 3.93. The van der Waals surface area contributed by atoms with Crippen LogP contribution in [-0.2, 0) is 7.05 Å². The molecule has 1 aliphatic heterocycles. The second-order valence-electron chi connectivity index (χ2n) is 5.71. The highest BCUT2D eigenvalue weighted by atomic mass is 35.5. The second kappa shape index (κ2) is 5.45. The van der Waals surface area contributed by atoms with Gasteiger partial charge in [0, 0.05) is 13.2 Å². The van der Waals surface area contributed by atoms with Crippen LogP contribution in [0.25, 0.3) is 11.2 Å². The van der Waals surface area contributed by atoms with Gasteiger partial charge in [-0.3, -0.25) is 4.79 Å². The van der Waals surface area contributed by atoms with Gasteiger partial charge in [0.1, 0.15) is 11.6 Å². The van der Waals surface area contributed by atoms with E-state index in [0.29, 0.717) is 39.7 Å². The summed E-state index contributed by atoms with van der Waals surface area (Å²) in [5.41, 5.74) is 2.31. The Kier molecular flexibility index (Phi) is 3.38. The number of aromatic nitrogens is 4. The van der Waals surface area contributed by atoms with Crippen LogP contribution in [0.2, 0.25) is 5.02 Å². The summed E-state index contributed by atoms with van der Waals surface area (Å²) in [7, 11) is 1.76. The van der Waals surface area contributed by atoms with Crippen molar-refractivity contribution in [2.24, 2.45) is 7.05 Å². The number of amides is 1. The summed E-state index contributed by atoms with van der Waals surface area (Å²) >= 11 is 6.21. The Bertz CT molecular complexity index is 955. The van der Waals surface area contributed by atoms with Crippen LogP contribution in [0.5, 0.6) is 5.75 Å². The number of nitrogens with zero attached hydrogens (tertiary/aromatic N) is 5. The number of hydrogen-bond acceptors (Lipinski definition) is 5. The number of halogens is 1. The zero-order valence-electron chi connectivity index (χ0n) is 13.1. The van der Waals surface area contributed by atoms with Gasteiger partial charge in [-0.05, 0) is 25.1 Å². The van der Waals surface area contributed by atoms with E-state index in [0.717, 1.165) is 0 Å². The molecule has 0 radical (unpaired) electrons. The van der Waals surface area contributed by atoms with Crippen LogP contribution in [0.3, 0.4) is 0 Å². The molecule has 122 valence electrons. The average Bonchev–Trinajstić information content (AvgIpc) is 2.95. The molecule has 3 aromatic rings. The van der Waals surface area contributed by atoms with E-state index in [-0.39, 0.29) is 12.0 Å². The van der Waals surface area contributed by atoms with Gasteiger partial charge in [-0.1, -0.05) is 22.9 Å². The van der Waals surface area contributed by atoms with Crippen molar-refractivity contribution in [1.29, 1.82) is 0 Å². The molecule has 1 aliphatic rings. The largest absolute Gasteiger partial charge is 0.485 e. The molecule has 0 saturated heterocycles. The van der Waals surface area contributed by atoms with Crippen LogP contribution in [0.4, 0.5) is 5.69 Å². The van der Waals surface area contributed by atoms with Crippen molar-refractivity contribution >= 4 is 34.4 Å². The number of hydrogen-bond donors (Lipinski definition) is 0. The van der Waals surface area contributed by atoms with Crippen molar-refractivity contribution in [2.75, 3.05) is 11.4 Å². The molecule has 7 nitrogen and oxygen atoms in total. The van der Waals surface area contributed by atoms with Gasteiger partial charge in [0.25, 0.3) is 5.91 Å². The Hall–Kier alpha value is -2.67. The lowest BCUT2D eigenvalue weighted by Gasteiger charge is -2.33. The van der Waals surface area contributed by atoms with Crippen LogP contribution in [0, 0.1) is 0 Å². The van der Waals surface area contributed by atoms with Gasteiger partial charge < -0.3 is 9.64 Å². The zero-order chi connectivity index (χ0) is 16.8. The molecule has 0 N–H and O–H groups in total. The highest BCUT2D eigenvalue weighted by molar-refractivity contribution is 6.32. The Morgan fingerprint density at radius 3 is 3.08 bits per heavy atom. The number of ether oxygens (including phenoxy) is 1. The van der Waals surface area contributed by atoms with Crippen molar-refractivity contribution in [3.05, 3.63) is 41.0 Å². The van der Waals surface area contributed by atoms with Gasteiger partial charge in [-0.25, -0.2) is 9.67 Å². The van der Waals surface area contributed by atoms with Crippen LogP contribution in [0.15, 0.2) is 30.5 Å². The maximum absolute atomic E-state index is 13.0. The van der Waals surface area contributed by atoms with E-state index in [9.17, 15) is 4.79 Å². The number of aryl methyl sites for hydroxylation is 1. The maximum atomic E-state index is 13.0. The third-order valence-corrected chi connectivity index (χ3v) is 4.23. The predicted octanol–water partition coefficient (Wildman–Crippen LogP) is 2.44. The van der Waals surface area contributed by atoms with Crippen molar-refractivity contribution in [3.8, 4) is 5.75 Å². The minimum atomic E-state index is -0.172. The minimum absolute atomic E-state index is 0.158. The van der Waals surface area contributed by atoms with Crippen molar-refractivity contribution in [1.82, 2.24) is 20.0 Å². The fourth-order valence-corrected chi connectivity index (χ4v) is 3.03. The van der Waals surface area contributed by atoms with Gasteiger partial charge in [-0.15, -0.1) is 5.10 Å². The van der Waals surface area contributed by atoms with E-state index in [4.69, 9.17) is 16.3 Å². The molecule has 0 saturated carbocycles. The lowest BCUT2D eigenvalue weighted by atomic mass is 10.1. The molecule has 1 aromatic carbocycles. The van der Waals surface area contributed by atoms with Gasteiger partial charge >= 0.3 is 0 Å². The van der Waals surface area contributed by atoms with Crippen molar-refractivity contribution in [3.63, 3.8) is 0 Å². The Labute approximate surface area is 142 Å². The van der Waals surface area contributed by atoms with Gasteiger partial charge in [0.15, 0.2) is 11.4 Å². The van der Waals surface area contributed by atoms with E-state index in [1.807, 2.05) is 13.0 Å². The Morgan fingerprint density at radius 1 is 1.42 bits per heavy atom. The number of carbonyl (C=O) groups is 1. The minimum Gasteiger partial charge on any atom is -0.485 e. The molecular formula is C16H14ClN5O2. The van der Waals surface area contributed by atoms with Crippen molar-refractivity contribution in [2.45, 2.75) is 13.0 Å². The molecule has 0 fully saturated rings. The fraction of sp³-hybridized carbons (Fsp3) is 0.250. The Morgan fingerprint density at radius 2 is 2.25 bits per heavy atom. The first-order chi connectivity index (χ1) is 11.5. The Balaban J connectivity index is 1.77. The molecular weight excluding hydrogens is 330 g/mol. The normalized spacial score (nSPS) is 16.8. The molecule has 2 aromatic heterocycles. The number of fused-ring (bicyclic) bond motifs is 2. The maximum Gasteiger partial charge on any atom is 0.260 e. The van der Waals surface area contributed by atoms with Crippen molar-refractivity contribution < 1.29 is 9.53 Å². The molecule has 24 heavy (non-hydrogen) atoms. The molecule has 0 unspecified atom stereocenters. The van der Waals surface area contributed by atoms with E-state index >= 15 is 0 Å². The van der Waals surface area contributed by atoms with Gasteiger partial charge in [0.2, 0.25) is 0 Å². The van der Waals surface area contributed by atoms with Gasteiger partial charge in [-0.2, -0.15) is 0 Å². The van der Waals surface area contributed by atoms with Crippen LogP contribution >= 0.6 is 11.6 Å². The highest BCUT2D eigenvalue weighted by Gasteiger charge is 2.30. The molecule has 4 rings (SSSR count). The molecule has 0 aliphatic carbocycles. The monoisotopic (exact) mass is 343 g/mol. The zero-order valence-corrected chi connectivity index (χ0v) is 13.9. The molecule has 0 bridgehead atoms. The third kappa shape index (κ3) is 2.28. The van der Waals surface area contributed by atoms with Crippen LogP contribution < -0.4 is 9.64 Å². The first-order valence-corrected chi connectivity index (χ1v) is 7.85. The lowest BCUT2D eigenvalue weighted by molar-refractivity contribution is 0.0961. The highest BCUT2D eigenvalue weighted by Crippen LogP contribution is 2.39. The lowest BCUT2D eigenvalue weighted by Crippen LogP contribution is -2.42. The second-order valence-corrected chi connectivity index (χ2v) is 6.12. The number of benzene rings is 1. The number of rotatable bonds is 1. The number of para-hydroxylation sites is 1. The van der Waals surface area contributed by atoms with E-state index in [1.54, 1.807) is 41.0 Å². The summed E-state index contributed by atoms with van der Waals surface area (Å²) < 4.78 is 7.35. The number of anilines is 1. The summed E-state index contributed by atoms with van der Waals surface area (Å²) in [6.45, 7) is 2.33. The summed E-state index contributed by atoms with van der Waals surface area (Å²) in [5.74, 6) is 0.355. The van der Waals surface area contributed by atoms with E-state index in [2.05, 4.69) is 15.3 Å². The standard InChI is InChI=1S/C16H14ClN5O2/c1-9-8-22(13-5-3-4-11(17)14(13)24-9)16(23)10-6-12-15(18-7-10)21(2)20-19-12/h3-7,9H,8H2,1-2H3/t9-/m0/s1. The topological polar surface area (TPSA) is 73.1 Å². The summed E-state index contributed by atoms with van der Waals surface area (Å²) in [5, 5.41) is 8.41. The average molecular weight is 344 g/mol.